The first-order valence-electron chi connectivity index (χ1n) is 14.4. The Balaban J connectivity index is 1.11. The van der Waals surface area contributed by atoms with E-state index in [2.05, 4.69) is 156 Å². The van der Waals surface area contributed by atoms with Gasteiger partial charge in [-0.25, -0.2) is 0 Å². The maximum atomic E-state index is 2.37. The molecule has 0 radical (unpaired) electrons. The van der Waals surface area contributed by atoms with Crippen molar-refractivity contribution in [1.82, 2.24) is 4.57 Å². The highest BCUT2D eigenvalue weighted by molar-refractivity contribution is 7.99. The number of fused-ring (bicyclic) bond motifs is 5. The highest BCUT2D eigenvalue weighted by atomic mass is 32.2. The van der Waals surface area contributed by atoms with Gasteiger partial charge in [-0.2, -0.15) is 0 Å². The number of aromatic nitrogens is 1. The van der Waals surface area contributed by atoms with E-state index in [1.54, 1.807) is 0 Å². The van der Waals surface area contributed by atoms with Crippen LogP contribution in [-0.4, -0.2) is 4.57 Å². The van der Waals surface area contributed by atoms with Crippen LogP contribution in [0.4, 0.5) is 0 Å². The molecule has 42 heavy (non-hydrogen) atoms. The van der Waals surface area contributed by atoms with Crippen molar-refractivity contribution in [3.05, 3.63) is 152 Å². The summed E-state index contributed by atoms with van der Waals surface area (Å²) < 4.78 is 2.37. The van der Waals surface area contributed by atoms with Crippen LogP contribution in [-0.2, 0) is 0 Å². The summed E-state index contributed by atoms with van der Waals surface area (Å²) in [6.07, 6.45) is 0. The average molecular weight is 552 g/mol. The Hall–Kier alpha value is -5.05. The van der Waals surface area contributed by atoms with Crippen LogP contribution in [0, 0.1) is 0 Å². The van der Waals surface area contributed by atoms with Crippen molar-refractivity contribution in [1.29, 1.82) is 0 Å². The smallest absolute Gasteiger partial charge is 0.0541 e. The SMILES string of the molecule is c1ccc(-n2c3ccccc3c3cc(-c4ccc(-c5ccc6c(c5)-c5cccc7cccc(c57)S6)cc4)ccc32)cc1. The molecule has 0 saturated heterocycles. The molecule has 1 aliphatic heterocycles. The average Bonchev–Trinajstić information content (AvgIpc) is 3.39. The van der Waals surface area contributed by atoms with Crippen molar-refractivity contribution in [2.75, 3.05) is 0 Å². The van der Waals surface area contributed by atoms with Gasteiger partial charge in [-0.3, -0.25) is 0 Å². The Morgan fingerprint density at radius 3 is 1.90 bits per heavy atom. The molecule has 0 saturated carbocycles. The van der Waals surface area contributed by atoms with Crippen LogP contribution >= 0.6 is 11.8 Å². The van der Waals surface area contributed by atoms with E-state index in [9.17, 15) is 0 Å². The first-order chi connectivity index (χ1) is 20.8. The summed E-state index contributed by atoms with van der Waals surface area (Å²) in [5.41, 5.74) is 11.2. The van der Waals surface area contributed by atoms with Gasteiger partial charge in [-0.1, -0.05) is 115 Å². The molecule has 9 rings (SSSR count). The summed E-state index contributed by atoms with van der Waals surface area (Å²) in [6, 6.07) is 55.4. The molecule has 0 atom stereocenters. The predicted octanol–water partition coefficient (Wildman–Crippen LogP) is 11.4. The van der Waals surface area contributed by atoms with E-state index in [1.807, 2.05) is 11.8 Å². The molecule has 8 aromatic rings. The lowest BCUT2D eigenvalue weighted by Gasteiger charge is -2.21. The van der Waals surface area contributed by atoms with Gasteiger partial charge in [0.2, 0.25) is 0 Å². The molecular weight excluding hydrogens is 527 g/mol. The lowest BCUT2D eigenvalue weighted by atomic mass is 9.94. The third kappa shape index (κ3) is 3.59. The van der Waals surface area contributed by atoms with Crippen LogP contribution in [0.15, 0.2) is 161 Å². The number of nitrogens with zero attached hydrogens (tertiary/aromatic N) is 1. The summed E-state index contributed by atoms with van der Waals surface area (Å²) in [5.74, 6) is 0. The number of para-hydroxylation sites is 2. The van der Waals surface area contributed by atoms with E-state index in [0.29, 0.717) is 0 Å². The molecule has 1 aliphatic rings. The molecule has 0 unspecified atom stereocenters. The standard InChI is InChI=1S/C40H25NS/c1-2-10-31(11-3-1)41-36-14-5-4-12-32(36)34-24-29(20-22-37(34)41)26-16-18-27(19-17-26)30-21-23-38-35(25-30)33-13-6-8-28-9-7-15-39(42-38)40(28)33/h1-25H. The van der Waals surface area contributed by atoms with Gasteiger partial charge < -0.3 is 4.57 Å². The Morgan fingerprint density at radius 2 is 1.07 bits per heavy atom. The second-order valence-electron chi connectivity index (χ2n) is 11.0. The topological polar surface area (TPSA) is 4.93 Å². The lowest BCUT2D eigenvalue weighted by molar-refractivity contribution is 1.18. The van der Waals surface area contributed by atoms with Crippen LogP contribution in [0.3, 0.4) is 0 Å². The van der Waals surface area contributed by atoms with E-state index in [0.717, 1.165) is 0 Å². The van der Waals surface area contributed by atoms with Crippen molar-refractivity contribution in [3.63, 3.8) is 0 Å². The van der Waals surface area contributed by atoms with Crippen molar-refractivity contribution in [3.8, 4) is 39.1 Å². The monoisotopic (exact) mass is 551 g/mol. The van der Waals surface area contributed by atoms with Gasteiger partial charge in [0.15, 0.2) is 0 Å². The first kappa shape index (κ1) is 23.6. The molecule has 7 aromatic carbocycles. The fourth-order valence-corrected chi connectivity index (χ4v) is 7.73. The van der Waals surface area contributed by atoms with Crippen LogP contribution in [0.25, 0.3) is 71.6 Å². The van der Waals surface area contributed by atoms with Gasteiger partial charge in [0, 0.05) is 31.6 Å². The summed E-state index contributed by atoms with van der Waals surface area (Å²) in [4.78, 5) is 2.67. The summed E-state index contributed by atoms with van der Waals surface area (Å²) in [6.45, 7) is 0. The molecule has 0 N–H and O–H groups in total. The zero-order valence-electron chi connectivity index (χ0n) is 22.8. The molecule has 2 heterocycles. The first-order valence-corrected chi connectivity index (χ1v) is 15.2. The van der Waals surface area contributed by atoms with Crippen LogP contribution in [0.2, 0.25) is 0 Å². The highest BCUT2D eigenvalue weighted by Gasteiger charge is 2.19. The summed E-state index contributed by atoms with van der Waals surface area (Å²) in [5, 5.41) is 5.23. The number of rotatable bonds is 3. The van der Waals surface area contributed by atoms with Gasteiger partial charge in [-0.05, 0) is 87.3 Å². The molecular formula is C40H25NS. The van der Waals surface area contributed by atoms with Crippen molar-refractivity contribution in [2.24, 2.45) is 0 Å². The van der Waals surface area contributed by atoms with Crippen LogP contribution < -0.4 is 0 Å². The molecule has 1 aromatic heterocycles. The zero-order chi connectivity index (χ0) is 27.6. The van der Waals surface area contributed by atoms with Gasteiger partial charge in [0.1, 0.15) is 0 Å². The van der Waals surface area contributed by atoms with Crippen molar-refractivity contribution in [2.45, 2.75) is 9.79 Å². The largest absolute Gasteiger partial charge is 0.309 e. The fourth-order valence-electron chi connectivity index (χ4n) is 6.61. The lowest BCUT2D eigenvalue weighted by Crippen LogP contribution is -1.93. The van der Waals surface area contributed by atoms with E-state index < -0.39 is 0 Å². The van der Waals surface area contributed by atoms with Crippen molar-refractivity contribution >= 4 is 44.3 Å². The molecule has 196 valence electrons. The van der Waals surface area contributed by atoms with E-state index in [-0.39, 0.29) is 0 Å². The van der Waals surface area contributed by atoms with E-state index in [1.165, 1.54) is 81.4 Å². The van der Waals surface area contributed by atoms with Gasteiger partial charge in [-0.15, -0.1) is 0 Å². The molecule has 0 amide bonds. The Bertz CT molecular complexity index is 2300. The second kappa shape index (κ2) is 9.24. The summed E-state index contributed by atoms with van der Waals surface area (Å²) in [7, 11) is 0. The van der Waals surface area contributed by atoms with E-state index in [4.69, 9.17) is 0 Å². The third-order valence-corrected chi connectivity index (χ3v) is 9.73. The van der Waals surface area contributed by atoms with Gasteiger partial charge in [0.25, 0.3) is 0 Å². The normalized spacial score (nSPS) is 12.2. The third-order valence-electron chi connectivity index (χ3n) is 8.59. The highest BCUT2D eigenvalue weighted by Crippen LogP contribution is 2.48. The van der Waals surface area contributed by atoms with Crippen molar-refractivity contribution < 1.29 is 0 Å². The maximum absolute atomic E-state index is 2.37. The van der Waals surface area contributed by atoms with E-state index >= 15 is 0 Å². The maximum Gasteiger partial charge on any atom is 0.0541 e. The van der Waals surface area contributed by atoms with Crippen LogP contribution in [0.1, 0.15) is 0 Å². The zero-order valence-corrected chi connectivity index (χ0v) is 23.6. The Kier molecular flexibility index (Phi) is 5.20. The molecule has 2 heteroatoms. The van der Waals surface area contributed by atoms with Gasteiger partial charge >= 0.3 is 0 Å². The van der Waals surface area contributed by atoms with Crippen LogP contribution in [0.5, 0.6) is 0 Å². The number of hydrogen-bond acceptors (Lipinski definition) is 1. The molecule has 1 nitrogen and oxygen atoms in total. The Labute approximate surface area is 248 Å². The van der Waals surface area contributed by atoms with Gasteiger partial charge in [0.05, 0.1) is 11.0 Å². The fraction of sp³-hybridized carbons (Fsp3) is 0. The molecule has 0 fully saturated rings. The number of hydrogen-bond donors (Lipinski definition) is 0. The molecule has 0 spiro atoms. The minimum atomic E-state index is 1.18. The number of benzene rings is 7. The molecule has 0 aliphatic carbocycles. The Morgan fingerprint density at radius 1 is 0.405 bits per heavy atom. The minimum Gasteiger partial charge on any atom is -0.309 e. The minimum absolute atomic E-state index is 1.18. The quantitative estimate of drug-likeness (QED) is 0.211. The summed E-state index contributed by atoms with van der Waals surface area (Å²) >= 11 is 1.88. The second-order valence-corrected chi connectivity index (χ2v) is 12.1. The predicted molar refractivity (Wildman–Crippen MR) is 179 cm³/mol. The molecule has 0 bridgehead atoms.